The fraction of sp³-hybridized carbons (Fsp3) is 0.397. The molecule has 1 aromatic heterocycles. The highest BCUT2D eigenvalue weighted by Gasteiger charge is 2.47. The zero-order valence-electron chi connectivity index (χ0n) is 43.7. The summed E-state index contributed by atoms with van der Waals surface area (Å²) in [5.41, 5.74) is 22.9. The van der Waals surface area contributed by atoms with Crippen molar-refractivity contribution in [3.8, 4) is 11.1 Å². The van der Waals surface area contributed by atoms with Crippen LogP contribution in [0.1, 0.15) is 163 Å². The molecule has 344 valence electrons. The predicted molar refractivity (Wildman–Crippen MR) is 296 cm³/mol. The molecule has 0 bridgehead atoms. The Labute approximate surface area is 407 Å². The zero-order valence-corrected chi connectivity index (χ0v) is 44.5. The summed E-state index contributed by atoms with van der Waals surface area (Å²) < 4.78 is 2.84. The summed E-state index contributed by atoms with van der Waals surface area (Å²) in [7, 11) is 0. The minimum Gasteiger partial charge on any atom is -0.311 e. The van der Waals surface area contributed by atoms with Crippen molar-refractivity contribution >= 4 is 78.0 Å². The average molecular weight is 901 g/mol. The third-order valence-corrected chi connectivity index (χ3v) is 17.0. The van der Waals surface area contributed by atoms with Gasteiger partial charge in [-0.2, -0.15) is 0 Å². The minimum atomic E-state index is -0.0227. The van der Waals surface area contributed by atoms with Gasteiger partial charge >= 0.3 is 0 Å². The van der Waals surface area contributed by atoms with Crippen LogP contribution in [0, 0.1) is 6.92 Å². The van der Waals surface area contributed by atoms with Gasteiger partial charge in [0.1, 0.15) is 0 Å². The molecule has 7 aromatic rings. The fourth-order valence-corrected chi connectivity index (χ4v) is 12.6. The number of anilines is 6. The lowest BCUT2D eigenvalue weighted by molar-refractivity contribution is 0.332. The Bertz CT molecular complexity index is 3080. The first-order chi connectivity index (χ1) is 31.1. The van der Waals surface area contributed by atoms with Crippen molar-refractivity contribution < 1.29 is 0 Å². The quantitative estimate of drug-likeness (QED) is 0.163. The molecule has 0 unspecified atom stereocenters. The van der Waals surface area contributed by atoms with E-state index in [4.69, 9.17) is 0 Å². The zero-order chi connectivity index (χ0) is 48.1. The number of nitrogens with zero attached hydrogens (tertiary/aromatic N) is 2. The molecule has 6 aromatic carbocycles. The van der Waals surface area contributed by atoms with Gasteiger partial charge in [-0.15, -0.1) is 11.3 Å². The van der Waals surface area contributed by atoms with Crippen LogP contribution in [0.5, 0.6) is 0 Å². The molecule has 67 heavy (non-hydrogen) atoms. The van der Waals surface area contributed by atoms with Crippen LogP contribution in [0.4, 0.5) is 34.1 Å². The first-order valence-electron chi connectivity index (χ1n) is 25.0. The lowest BCUT2D eigenvalue weighted by Gasteiger charge is -2.44. The standard InChI is InChI=1S/C63H73BN2S/c1-38-30-52-55-53(31-38)66(45-25-20-40(21-26-45)39-18-22-41(23-19-39)58(2,3)4)56-47-36-48-49(63(16,17)29-28-62(48,14)15)37-54(47)67-57(56)64(55)50-35-42(59(5,6)7)24-27-51(50)65(52)46-33-43(60(8,9)10)32-44(34-46)61(11,12)13/h18-27,30-37H,28-29H2,1-17H3. The van der Waals surface area contributed by atoms with E-state index in [-0.39, 0.29) is 39.2 Å². The SMILES string of the molecule is Cc1cc2c3c(c1)N(c1ccc(-c4ccc(C(C)(C)C)cc4)cc1)c1c(sc4cc5c(cc14)C(C)(C)CCC5(C)C)B3c1cc(C(C)(C)C)ccc1N2c1cc(C(C)(C)C)cc(C(C)(C)C)c1. The van der Waals surface area contributed by atoms with E-state index >= 15 is 0 Å². The Morgan fingerprint density at radius 1 is 0.478 bits per heavy atom. The van der Waals surface area contributed by atoms with Crippen molar-refractivity contribution in [3.63, 3.8) is 0 Å². The first kappa shape index (κ1) is 45.7. The molecule has 2 aliphatic heterocycles. The maximum atomic E-state index is 2.67. The van der Waals surface area contributed by atoms with Gasteiger partial charge in [0.2, 0.25) is 0 Å². The van der Waals surface area contributed by atoms with E-state index in [0.717, 1.165) is 0 Å². The molecule has 4 heteroatoms. The van der Waals surface area contributed by atoms with Gasteiger partial charge < -0.3 is 9.80 Å². The van der Waals surface area contributed by atoms with Gasteiger partial charge in [0.25, 0.3) is 6.71 Å². The van der Waals surface area contributed by atoms with Gasteiger partial charge in [0, 0.05) is 43.3 Å². The molecule has 0 spiro atoms. The molecular formula is C63H73BN2S. The van der Waals surface area contributed by atoms with E-state index in [9.17, 15) is 0 Å². The van der Waals surface area contributed by atoms with E-state index in [1.54, 1.807) is 0 Å². The lowest BCUT2D eigenvalue weighted by atomic mass is 9.36. The largest absolute Gasteiger partial charge is 0.311 e. The molecule has 0 saturated carbocycles. The highest BCUT2D eigenvalue weighted by molar-refractivity contribution is 7.33. The number of fused-ring (bicyclic) bond motifs is 7. The Morgan fingerprint density at radius 3 is 1.51 bits per heavy atom. The van der Waals surface area contributed by atoms with Gasteiger partial charge in [0.05, 0.1) is 5.69 Å². The van der Waals surface area contributed by atoms with Gasteiger partial charge in [0.15, 0.2) is 0 Å². The molecule has 10 rings (SSSR count). The van der Waals surface area contributed by atoms with Crippen molar-refractivity contribution in [2.45, 2.75) is 163 Å². The lowest BCUT2D eigenvalue weighted by Crippen LogP contribution is -2.60. The summed E-state index contributed by atoms with van der Waals surface area (Å²) in [6, 6.07) is 43.8. The Hall–Kier alpha value is -5.06. The molecule has 2 nitrogen and oxygen atoms in total. The van der Waals surface area contributed by atoms with E-state index in [1.807, 2.05) is 11.3 Å². The number of thiophene rings is 1. The van der Waals surface area contributed by atoms with Crippen LogP contribution in [-0.4, -0.2) is 6.71 Å². The molecule has 0 radical (unpaired) electrons. The third kappa shape index (κ3) is 7.60. The predicted octanol–water partition coefficient (Wildman–Crippen LogP) is 16.5. The smallest absolute Gasteiger partial charge is 0.264 e. The molecule has 0 atom stereocenters. The minimum absolute atomic E-state index is 0.0173. The van der Waals surface area contributed by atoms with Gasteiger partial charge in [-0.1, -0.05) is 165 Å². The number of hydrogen-bond donors (Lipinski definition) is 0. The second kappa shape index (κ2) is 15.0. The van der Waals surface area contributed by atoms with Crippen LogP contribution >= 0.6 is 11.3 Å². The molecule has 3 heterocycles. The molecule has 0 saturated heterocycles. The third-order valence-electron chi connectivity index (χ3n) is 15.8. The van der Waals surface area contributed by atoms with Gasteiger partial charge in [-0.25, -0.2) is 0 Å². The summed E-state index contributed by atoms with van der Waals surface area (Å²) in [4.78, 5) is 5.30. The number of hydrogen-bond acceptors (Lipinski definition) is 3. The summed E-state index contributed by atoms with van der Waals surface area (Å²) in [5, 5.41) is 1.38. The second-order valence-electron chi connectivity index (χ2n) is 26.0. The number of benzene rings is 6. The van der Waals surface area contributed by atoms with Crippen LogP contribution in [0.3, 0.4) is 0 Å². The number of rotatable bonds is 3. The van der Waals surface area contributed by atoms with Crippen LogP contribution in [-0.2, 0) is 32.5 Å². The molecule has 0 amide bonds. The van der Waals surface area contributed by atoms with E-state index in [2.05, 4.69) is 237 Å². The van der Waals surface area contributed by atoms with Crippen LogP contribution < -0.4 is 25.5 Å². The van der Waals surface area contributed by atoms with Crippen LogP contribution in [0.15, 0.2) is 109 Å². The highest BCUT2D eigenvalue weighted by atomic mass is 32.1. The Kier molecular flexibility index (Phi) is 10.2. The van der Waals surface area contributed by atoms with Gasteiger partial charge in [-0.05, 0) is 168 Å². The number of aryl methyl sites for hydroxylation is 1. The molecular weight excluding hydrogens is 828 g/mol. The summed E-state index contributed by atoms with van der Waals surface area (Å²) in [5.74, 6) is 0. The molecule has 1 aliphatic carbocycles. The van der Waals surface area contributed by atoms with Crippen molar-refractivity contribution in [3.05, 3.63) is 148 Å². The van der Waals surface area contributed by atoms with Crippen LogP contribution in [0.2, 0.25) is 0 Å². The summed E-state index contributed by atoms with van der Waals surface area (Å²) >= 11 is 2.04. The van der Waals surface area contributed by atoms with Crippen molar-refractivity contribution in [2.75, 3.05) is 9.80 Å². The molecule has 0 fully saturated rings. The normalized spacial score (nSPS) is 16.5. The average Bonchev–Trinajstić information content (AvgIpc) is 3.61. The van der Waals surface area contributed by atoms with E-state index in [1.165, 1.54) is 123 Å². The monoisotopic (exact) mass is 901 g/mol. The van der Waals surface area contributed by atoms with Crippen molar-refractivity contribution in [2.24, 2.45) is 0 Å². The Balaban J connectivity index is 1.29. The maximum absolute atomic E-state index is 2.67. The summed E-state index contributed by atoms with van der Waals surface area (Å²) in [6.07, 6.45) is 2.39. The molecule has 0 N–H and O–H groups in total. The molecule has 3 aliphatic rings. The highest BCUT2D eigenvalue weighted by Crippen LogP contribution is 2.53. The Morgan fingerprint density at radius 2 is 0.970 bits per heavy atom. The van der Waals surface area contributed by atoms with Crippen molar-refractivity contribution in [1.29, 1.82) is 0 Å². The van der Waals surface area contributed by atoms with E-state index < -0.39 is 0 Å². The summed E-state index contributed by atoms with van der Waals surface area (Å²) in [6.45, 7) is 40.4. The van der Waals surface area contributed by atoms with E-state index in [0.29, 0.717) is 0 Å². The topological polar surface area (TPSA) is 6.48 Å². The van der Waals surface area contributed by atoms with Crippen LogP contribution in [0.25, 0.3) is 21.2 Å². The fourth-order valence-electron chi connectivity index (χ4n) is 11.3. The second-order valence-corrected chi connectivity index (χ2v) is 27.0. The first-order valence-corrected chi connectivity index (χ1v) is 25.8. The maximum Gasteiger partial charge on any atom is 0.264 e. The van der Waals surface area contributed by atoms with Crippen molar-refractivity contribution in [1.82, 2.24) is 0 Å². The van der Waals surface area contributed by atoms with Gasteiger partial charge in [-0.3, -0.25) is 0 Å².